The molecule has 1 rings (SSSR count). The number of halogens is 5. The second-order valence-corrected chi connectivity index (χ2v) is 17.3. The Morgan fingerprint density at radius 1 is 1.00 bits per heavy atom. The highest BCUT2D eigenvalue weighted by Crippen LogP contribution is 2.86. The van der Waals surface area contributed by atoms with E-state index in [0.29, 0.717) is 18.4 Å². The van der Waals surface area contributed by atoms with Crippen LogP contribution in [-0.4, -0.2) is 19.2 Å². The van der Waals surface area contributed by atoms with Crippen molar-refractivity contribution in [2.24, 2.45) is 13.5 Å². The number of hydrogen-bond acceptors (Lipinski definition) is 6. The standard InChI is InChI=1S/C8H13Cl5N3O3P3/c1-7(2)8(17)18-5-3-4-6-19-22(13)15-20(9,10)14-21(11,12)16-22/h1,3-6H2,2H3. The van der Waals surface area contributed by atoms with Crippen LogP contribution in [-0.2, 0) is 14.1 Å². The number of rotatable bonds is 7. The van der Waals surface area contributed by atoms with Gasteiger partial charge in [0.25, 0.3) is 18.6 Å². The maximum atomic E-state index is 11.2. The zero-order chi connectivity index (χ0) is 17.0. The molecule has 0 saturated heterocycles. The summed E-state index contributed by atoms with van der Waals surface area (Å²) in [6.07, 6.45) is 1.14. The zero-order valence-corrected chi connectivity index (χ0v) is 17.8. The molecule has 1 unspecified atom stereocenters. The van der Waals surface area contributed by atoms with Gasteiger partial charge < -0.3 is 9.26 Å². The van der Waals surface area contributed by atoms with E-state index in [1.54, 1.807) is 6.92 Å². The molecule has 1 heterocycles. The van der Waals surface area contributed by atoms with Gasteiger partial charge in [0.05, 0.1) is 13.2 Å². The van der Waals surface area contributed by atoms with E-state index in [1.165, 1.54) is 0 Å². The highest BCUT2D eigenvalue weighted by molar-refractivity contribution is 8.22. The molecule has 0 spiro atoms. The molecule has 1 aliphatic heterocycles. The quantitative estimate of drug-likeness (QED) is 0.164. The molecule has 0 aromatic carbocycles. The Kier molecular flexibility index (Phi) is 8.35. The van der Waals surface area contributed by atoms with E-state index in [0.717, 1.165) is 0 Å². The average molecular weight is 469 g/mol. The first-order valence-corrected chi connectivity index (χ1v) is 15.3. The lowest BCUT2D eigenvalue weighted by atomic mass is 10.3. The van der Waals surface area contributed by atoms with Crippen molar-refractivity contribution in [3.05, 3.63) is 12.2 Å². The SMILES string of the molecule is C=C(C)C(=O)OCCCCOP1(Cl)=NP(Cl)(Cl)=NP(Cl)(Cl)=N1. The third kappa shape index (κ3) is 7.92. The van der Waals surface area contributed by atoms with Crippen molar-refractivity contribution in [3.63, 3.8) is 0 Å². The Hall–Kier alpha value is 1.31. The first kappa shape index (κ1) is 21.4. The van der Waals surface area contributed by atoms with Crippen molar-refractivity contribution in [2.75, 3.05) is 13.2 Å². The van der Waals surface area contributed by atoms with Crippen LogP contribution in [0.25, 0.3) is 0 Å². The van der Waals surface area contributed by atoms with E-state index in [1.807, 2.05) is 0 Å². The van der Waals surface area contributed by atoms with Crippen LogP contribution in [0.2, 0.25) is 0 Å². The molecule has 0 aromatic rings. The van der Waals surface area contributed by atoms with Crippen LogP contribution >= 0.6 is 74.8 Å². The molecule has 1 aliphatic rings. The van der Waals surface area contributed by atoms with Crippen LogP contribution in [0.15, 0.2) is 25.7 Å². The smallest absolute Gasteiger partial charge is 0.333 e. The fourth-order valence-corrected chi connectivity index (χ4v) is 17.8. The molecule has 0 fully saturated rings. The predicted octanol–water partition coefficient (Wildman–Crippen LogP) is 7.95. The summed E-state index contributed by atoms with van der Waals surface area (Å²) in [5.74, 6) is -6.56. The summed E-state index contributed by atoms with van der Waals surface area (Å²) in [7, 11) is 0. The first-order chi connectivity index (χ1) is 9.95. The predicted molar refractivity (Wildman–Crippen MR) is 98.3 cm³/mol. The van der Waals surface area contributed by atoms with Gasteiger partial charge in [0.15, 0.2) is 0 Å². The summed E-state index contributed by atoms with van der Waals surface area (Å²) in [4.78, 5) is 11.2. The normalized spacial score (nSPS) is 25.4. The lowest BCUT2D eigenvalue weighted by Crippen LogP contribution is -2.06. The molecular formula is C8H13Cl5N3O3P3. The van der Waals surface area contributed by atoms with Gasteiger partial charge in [0.2, 0.25) is 0 Å². The fraction of sp³-hybridized carbons (Fsp3) is 0.625. The Morgan fingerprint density at radius 2 is 1.55 bits per heavy atom. The van der Waals surface area contributed by atoms with Gasteiger partial charge in [-0.2, -0.15) is 13.5 Å². The fourth-order valence-electron chi connectivity index (χ4n) is 1.17. The van der Waals surface area contributed by atoms with Gasteiger partial charge in [0.1, 0.15) is 0 Å². The Balaban J connectivity index is 2.47. The molecule has 14 heteroatoms. The lowest BCUT2D eigenvalue weighted by molar-refractivity contribution is -0.139. The summed E-state index contributed by atoms with van der Waals surface area (Å²) in [6, 6.07) is 0. The first-order valence-electron chi connectivity index (χ1n) is 5.82. The molecule has 0 N–H and O–H groups in total. The number of unbranched alkanes of at least 4 members (excludes halogenated alkanes) is 1. The molecular weight excluding hydrogens is 456 g/mol. The summed E-state index contributed by atoms with van der Waals surface area (Å²) in [6.45, 7) is 2.41. The third-order valence-corrected chi connectivity index (χ3v) is 14.1. The van der Waals surface area contributed by atoms with Gasteiger partial charge in [-0.25, -0.2) is 4.79 Å². The van der Waals surface area contributed by atoms with Crippen LogP contribution in [0.4, 0.5) is 0 Å². The Bertz CT molecular complexity index is 618. The molecule has 0 saturated carbocycles. The van der Waals surface area contributed by atoms with Crippen molar-refractivity contribution >= 4 is 80.8 Å². The molecule has 0 amide bonds. The van der Waals surface area contributed by atoms with Crippen molar-refractivity contribution < 1.29 is 14.1 Å². The molecule has 0 radical (unpaired) electrons. The van der Waals surface area contributed by atoms with Crippen molar-refractivity contribution in [1.29, 1.82) is 0 Å². The molecule has 0 aliphatic carbocycles. The minimum atomic E-state index is -3.11. The Labute approximate surface area is 153 Å². The molecule has 6 nitrogen and oxygen atoms in total. The number of ether oxygens (including phenoxy) is 1. The second kappa shape index (κ2) is 8.61. The average Bonchev–Trinajstić information content (AvgIpc) is 2.28. The number of carbonyl (C=O) groups excluding carboxylic acids is 1. The minimum Gasteiger partial charge on any atom is -0.462 e. The topological polar surface area (TPSA) is 72.6 Å². The summed E-state index contributed by atoms with van der Waals surface area (Å²) >= 11 is 29.8. The maximum absolute atomic E-state index is 11.2. The van der Waals surface area contributed by atoms with Gasteiger partial charge in [-0.1, -0.05) is 6.58 Å². The van der Waals surface area contributed by atoms with Crippen molar-refractivity contribution in [3.8, 4) is 0 Å². The molecule has 128 valence electrons. The summed E-state index contributed by atoms with van der Waals surface area (Å²) in [5.41, 5.74) is 0.347. The van der Waals surface area contributed by atoms with Crippen LogP contribution < -0.4 is 0 Å². The van der Waals surface area contributed by atoms with Crippen molar-refractivity contribution in [2.45, 2.75) is 19.8 Å². The summed E-state index contributed by atoms with van der Waals surface area (Å²) in [5, 5.41) is 0. The monoisotopic (exact) mass is 467 g/mol. The van der Waals surface area contributed by atoms with E-state index in [9.17, 15) is 4.79 Å². The van der Waals surface area contributed by atoms with Crippen molar-refractivity contribution in [1.82, 2.24) is 0 Å². The third-order valence-electron chi connectivity index (χ3n) is 2.03. The molecule has 22 heavy (non-hydrogen) atoms. The van der Waals surface area contributed by atoms with E-state index >= 15 is 0 Å². The van der Waals surface area contributed by atoms with Gasteiger partial charge >= 0.3 is 5.97 Å². The lowest BCUT2D eigenvalue weighted by Gasteiger charge is -2.21. The van der Waals surface area contributed by atoms with Gasteiger partial charge in [-0.3, -0.25) is 0 Å². The number of nitrogens with zero attached hydrogens (tertiary/aromatic N) is 3. The van der Waals surface area contributed by atoms with Crippen LogP contribution in [0.3, 0.4) is 0 Å². The number of esters is 1. The van der Waals surface area contributed by atoms with E-state index in [-0.39, 0.29) is 13.2 Å². The number of hydrogen-bond donors (Lipinski definition) is 0. The van der Waals surface area contributed by atoms with E-state index in [2.05, 4.69) is 20.1 Å². The zero-order valence-electron chi connectivity index (χ0n) is 11.3. The Morgan fingerprint density at radius 3 is 2.09 bits per heavy atom. The summed E-state index contributed by atoms with van der Waals surface area (Å²) < 4.78 is 22.0. The van der Waals surface area contributed by atoms with E-state index in [4.69, 9.17) is 65.5 Å². The van der Waals surface area contributed by atoms with Crippen LogP contribution in [0.5, 0.6) is 0 Å². The maximum Gasteiger partial charge on any atom is 0.333 e. The molecule has 0 bridgehead atoms. The van der Waals surface area contributed by atoms with Crippen LogP contribution in [0.1, 0.15) is 19.8 Å². The molecule has 1 atom stereocenters. The highest BCUT2D eigenvalue weighted by atomic mass is 35.9. The van der Waals surface area contributed by atoms with Crippen LogP contribution in [0, 0.1) is 0 Å². The molecule has 0 aromatic heterocycles. The van der Waals surface area contributed by atoms with Gasteiger partial charge in [-0.05, 0) is 76.0 Å². The largest absolute Gasteiger partial charge is 0.462 e. The van der Waals surface area contributed by atoms with Gasteiger partial charge in [0, 0.05) is 5.57 Å². The van der Waals surface area contributed by atoms with Gasteiger partial charge in [-0.15, -0.1) is 0 Å². The van der Waals surface area contributed by atoms with E-state index < -0.39 is 24.6 Å². The highest BCUT2D eigenvalue weighted by Gasteiger charge is 2.33. The minimum absolute atomic E-state index is 0.219. The second-order valence-electron chi connectivity index (χ2n) is 4.11. The number of carbonyl (C=O) groups is 1.